The van der Waals surface area contributed by atoms with Gasteiger partial charge in [-0.3, -0.25) is 19.2 Å². The van der Waals surface area contributed by atoms with Crippen molar-refractivity contribution in [3.8, 4) is 0 Å². The Balaban J connectivity index is 1.02. The van der Waals surface area contributed by atoms with Gasteiger partial charge in [-0.25, -0.2) is 20.4 Å². The number of nitrogens with one attached hydrogen (secondary N) is 6. The number of aliphatic hydroxyl groups is 3. The molecule has 0 saturated carbocycles. The Bertz CT molecular complexity index is 2450. The van der Waals surface area contributed by atoms with Gasteiger partial charge in [-0.15, -0.1) is 0 Å². The first-order valence-corrected chi connectivity index (χ1v) is 29.9. The van der Waals surface area contributed by atoms with Gasteiger partial charge in [0, 0.05) is 68.6 Å². The highest BCUT2D eigenvalue weighted by molar-refractivity contribution is 8.00. The molecule has 0 bridgehead atoms. The fourth-order valence-electron chi connectivity index (χ4n) is 10.7. The molecule has 0 aromatic heterocycles. The molecule has 5 aliphatic heterocycles. The first-order chi connectivity index (χ1) is 38.7. The fourth-order valence-corrected chi connectivity index (χ4v) is 12.3. The smallest absolute Gasteiger partial charge is 0.426 e. The van der Waals surface area contributed by atoms with Crippen molar-refractivity contribution in [3.63, 3.8) is 0 Å². The van der Waals surface area contributed by atoms with Crippen LogP contribution < -0.4 is 32.1 Å². The molecule has 4 fully saturated rings. The summed E-state index contributed by atoms with van der Waals surface area (Å²) in [5, 5.41) is 44.3. The number of carbonyl (C=O) groups excluding carboxylic acids is 6. The van der Waals surface area contributed by atoms with Crippen molar-refractivity contribution < 1.29 is 71.5 Å². The number of hydrogen-bond donors (Lipinski definition) is 9. The second kappa shape index (κ2) is 29.5. The van der Waals surface area contributed by atoms with Gasteiger partial charge in [0.05, 0.1) is 42.9 Å². The Morgan fingerprint density at radius 3 is 2.40 bits per heavy atom. The third-order valence-electron chi connectivity index (χ3n) is 16.4. The zero-order valence-corrected chi connectivity index (χ0v) is 49.3. The zero-order chi connectivity index (χ0) is 60.1. The number of alkyl halides is 3. The summed E-state index contributed by atoms with van der Waals surface area (Å²) < 4.78 is 58.8. The van der Waals surface area contributed by atoms with Gasteiger partial charge in [0.1, 0.15) is 17.7 Å². The lowest BCUT2D eigenvalue weighted by Gasteiger charge is -2.32. The van der Waals surface area contributed by atoms with Crippen LogP contribution in [-0.4, -0.2) is 172 Å². The number of amides is 6. The van der Waals surface area contributed by atoms with Gasteiger partial charge < -0.3 is 60.6 Å². The van der Waals surface area contributed by atoms with Gasteiger partial charge in [0.2, 0.25) is 17.5 Å². The minimum atomic E-state index is -4.65. The van der Waals surface area contributed by atoms with Crippen molar-refractivity contribution in [1.29, 1.82) is 0 Å². The van der Waals surface area contributed by atoms with E-state index in [1.807, 2.05) is 57.7 Å². The Labute approximate surface area is 483 Å². The van der Waals surface area contributed by atoms with E-state index < -0.39 is 77.7 Å². The summed E-state index contributed by atoms with van der Waals surface area (Å²) in [5.41, 5.74) is 0.736. The van der Waals surface area contributed by atoms with Crippen molar-refractivity contribution in [1.82, 2.24) is 41.9 Å². The number of unbranched alkanes of at least 4 members (excludes halogenated alkanes) is 2. The van der Waals surface area contributed by atoms with E-state index in [-0.39, 0.29) is 110 Å². The standard InChI is InChI=1S/C58H87F3N8O12S/c1-9-43(71)37(5)51-44(79-51)31-34(2)15-14-16-35(3)50-36(4)20-25-46(56(6,78)27-26-40(70)32-48(73)81-50)80-55(77)62-28-13-12-17-41(63-52(74)38-21-23-39(24-22-38)57(66-67-57)58(59,60)61)53(75)69(8)30-29-68(7)47(72)19-11-10-18-45-49-42(33-82-45)64-54(76)65-49/h14-16,20-25,34,36-37,40-46,49-51,66-67,70-71,78H,9-13,17-19,26-33H2,1-8H3,(H,62,77)(H,63,74)(H2,64,65,76)/b15-14+,25-20+,35-16+/t34?,36?,37?,40?,41-,42+,43?,44?,45+,46?,49+,50?,51?,56?/m0/s1. The van der Waals surface area contributed by atoms with Crippen molar-refractivity contribution in [2.24, 2.45) is 17.8 Å². The molecule has 82 heavy (non-hydrogen) atoms. The average Bonchev–Trinajstić information content (AvgIpc) is 3.28. The number of hydrazine groups is 1. The maximum Gasteiger partial charge on any atom is 0.426 e. The molecule has 1 aromatic rings. The van der Waals surface area contributed by atoms with Crippen molar-refractivity contribution in [3.05, 3.63) is 71.3 Å². The number of allylic oxidation sites excluding steroid dienone is 3. The van der Waals surface area contributed by atoms with E-state index >= 15 is 0 Å². The molecule has 10 unspecified atom stereocenters. The number of alkyl carbamates (subject to hydrolysis) is 1. The number of aliphatic hydroxyl groups excluding tert-OH is 2. The SMILES string of the molecule is CCC(O)C(C)C1OC1CC(C)/C=C/C=C(\C)C1OC(=O)CC(O)CCC(C)(O)C(OC(=O)NCCCC[C@H](NC(=O)c2ccc(C3(C(F)(F)F)NN3)cc2)C(=O)N(C)CCN(C)C(=O)CCCC[C@H]2SC[C@H]3NC(=O)N[C@H]32)/C=C/C1C. The van der Waals surface area contributed by atoms with E-state index in [0.29, 0.717) is 37.7 Å². The molecule has 0 aliphatic carbocycles. The quantitative estimate of drug-likeness (QED) is 0.0136. The zero-order valence-electron chi connectivity index (χ0n) is 48.5. The minimum Gasteiger partial charge on any atom is -0.457 e. The number of hydrogen-bond acceptors (Lipinski definition) is 15. The lowest BCUT2D eigenvalue weighted by molar-refractivity contribution is -0.165. The van der Waals surface area contributed by atoms with Crippen LogP contribution in [0.15, 0.2) is 60.2 Å². The number of nitrogens with zero attached hydrogens (tertiary/aromatic N) is 2. The number of epoxide rings is 1. The van der Waals surface area contributed by atoms with Gasteiger partial charge in [0.25, 0.3) is 5.91 Å². The molecule has 5 heterocycles. The van der Waals surface area contributed by atoms with E-state index in [2.05, 4.69) is 39.0 Å². The summed E-state index contributed by atoms with van der Waals surface area (Å²) in [6.45, 7) is 11.5. The van der Waals surface area contributed by atoms with Crippen LogP contribution in [0.1, 0.15) is 135 Å². The number of benzene rings is 1. The molecule has 9 N–H and O–H groups in total. The molecular formula is C58H87F3N8O12S. The van der Waals surface area contributed by atoms with Crippen LogP contribution >= 0.6 is 11.8 Å². The number of thioether (sulfide) groups is 1. The van der Waals surface area contributed by atoms with Gasteiger partial charge in [-0.2, -0.15) is 24.9 Å². The van der Waals surface area contributed by atoms with Gasteiger partial charge in [-0.1, -0.05) is 70.6 Å². The van der Waals surface area contributed by atoms with Crippen molar-refractivity contribution >= 4 is 47.6 Å². The third kappa shape index (κ3) is 18.4. The first kappa shape index (κ1) is 65.9. The minimum absolute atomic E-state index is 0.00234. The molecule has 6 amide bonds. The van der Waals surface area contributed by atoms with Crippen LogP contribution in [0.5, 0.6) is 0 Å². The van der Waals surface area contributed by atoms with Gasteiger partial charge in [0.15, 0.2) is 6.10 Å². The second-order valence-corrected chi connectivity index (χ2v) is 24.5. The van der Waals surface area contributed by atoms with Crippen molar-refractivity contribution in [2.75, 3.05) is 39.5 Å². The maximum absolute atomic E-state index is 14.1. The monoisotopic (exact) mass is 1180 g/mol. The normalized spacial score (nSPS) is 29.0. The molecule has 5 aliphatic rings. The fraction of sp³-hybridized carbons (Fsp3) is 0.690. The lowest BCUT2D eigenvalue weighted by atomic mass is 9.88. The Kier molecular flexibility index (Phi) is 23.7. The van der Waals surface area contributed by atoms with Crippen LogP contribution in [0.2, 0.25) is 0 Å². The Morgan fingerprint density at radius 1 is 1.01 bits per heavy atom. The second-order valence-electron chi connectivity index (χ2n) is 23.2. The summed E-state index contributed by atoms with van der Waals surface area (Å²) in [7, 11) is 3.20. The van der Waals surface area contributed by atoms with Crippen LogP contribution in [0.4, 0.5) is 22.8 Å². The number of urea groups is 1. The summed E-state index contributed by atoms with van der Waals surface area (Å²) in [6.07, 6.45) is 4.53. The topological polar surface area (TPSA) is 293 Å². The molecule has 0 radical (unpaired) electrons. The lowest BCUT2D eigenvalue weighted by Crippen LogP contribution is -2.49. The summed E-state index contributed by atoms with van der Waals surface area (Å²) in [4.78, 5) is 81.9. The van der Waals surface area contributed by atoms with Gasteiger partial charge >= 0.3 is 24.3 Å². The molecule has 4 saturated heterocycles. The number of rotatable bonds is 26. The molecule has 24 heteroatoms. The molecule has 1 aromatic carbocycles. The molecule has 14 atom stereocenters. The number of esters is 1. The number of ether oxygens (including phenoxy) is 3. The summed E-state index contributed by atoms with van der Waals surface area (Å²) in [6, 6.07) is 3.77. The van der Waals surface area contributed by atoms with Crippen LogP contribution in [-0.2, 0) is 34.3 Å². The highest BCUT2D eigenvalue weighted by Crippen LogP contribution is 2.42. The highest BCUT2D eigenvalue weighted by Gasteiger charge is 2.65. The van der Waals surface area contributed by atoms with E-state index in [0.717, 1.165) is 25.0 Å². The molecule has 458 valence electrons. The number of likely N-dealkylation sites (N-methyl/N-ethyl adjacent to an activating group) is 2. The number of fused-ring (bicyclic) bond motifs is 1. The maximum atomic E-state index is 14.1. The Hall–Kier alpha value is -5.24. The average molecular weight is 1180 g/mol. The van der Waals surface area contributed by atoms with Gasteiger partial charge in [-0.05, 0) is 107 Å². The first-order valence-electron chi connectivity index (χ1n) is 28.8. The van der Waals surface area contributed by atoms with E-state index in [4.69, 9.17) is 14.2 Å². The van der Waals surface area contributed by atoms with Crippen LogP contribution in [0.3, 0.4) is 0 Å². The number of cyclic esters (lactones) is 1. The Morgan fingerprint density at radius 2 is 1.72 bits per heavy atom. The molecular weight excluding hydrogens is 1090 g/mol. The largest absolute Gasteiger partial charge is 0.457 e. The molecule has 20 nitrogen and oxygen atoms in total. The number of carbonyl (C=O) groups is 6. The van der Waals surface area contributed by atoms with Crippen LogP contribution in [0, 0.1) is 17.8 Å². The van der Waals surface area contributed by atoms with Crippen LogP contribution in [0.25, 0.3) is 0 Å². The third-order valence-corrected chi connectivity index (χ3v) is 17.9. The summed E-state index contributed by atoms with van der Waals surface area (Å²) >= 11 is 1.81. The van der Waals surface area contributed by atoms with E-state index in [1.165, 1.54) is 36.1 Å². The molecule has 0 spiro atoms. The summed E-state index contributed by atoms with van der Waals surface area (Å²) in [5.74, 6) is -1.28. The highest BCUT2D eigenvalue weighted by atomic mass is 32.2. The van der Waals surface area contributed by atoms with Crippen molar-refractivity contribution in [2.45, 2.75) is 196 Å². The van der Waals surface area contributed by atoms with E-state index in [9.17, 15) is 57.3 Å². The predicted molar refractivity (Wildman–Crippen MR) is 303 cm³/mol. The number of halogens is 3. The van der Waals surface area contributed by atoms with E-state index in [1.54, 1.807) is 31.1 Å². The predicted octanol–water partition coefficient (Wildman–Crippen LogP) is 5.62. The molecule has 6 rings (SSSR count).